The van der Waals surface area contributed by atoms with Crippen molar-refractivity contribution in [1.29, 1.82) is 0 Å². The number of H-pyrrole nitrogens is 1. The average Bonchev–Trinajstić information content (AvgIpc) is 2.86. The van der Waals surface area contributed by atoms with Gasteiger partial charge < -0.3 is 5.32 Å². The minimum atomic E-state index is -0.249. The van der Waals surface area contributed by atoms with Gasteiger partial charge in [-0.05, 0) is 34.6 Å². The Kier molecular flexibility index (Phi) is 4.90. The first-order valence-electron chi connectivity index (χ1n) is 7.23. The molecule has 0 aliphatic rings. The van der Waals surface area contributed by atoms with Crippen LogP contribution in [0.5, 0.6) is 0 Å². The van der Waals surface area contributed by atoms with E-state index in [0.29, 0.717) is 11.0 Å². The average molecular weight is 318 g/mol. The SMILES string of the molecule is Cc1ccc(-c2nc(S[C@@H](C)C(=O)NC(C)(C)C)n[nH]2)cc1. The zero-order chi connectivity index (χ0) is 16.3. The fraction of sp³-hybridized carbons (Fsp3) is 0.438. The molecule has 0 aliphatic carbocycles. The van der Waals surface area contributed by atoms with Crippen LogP contribution >= 0.6 is 11.8 Å². The molecule has 0 aliphatic heterocycles. The summed E-state index contributed by atoms with van der Waals surface area (Å²) in [4.78, 5) is 16.5. The van der Waals surface area contributed by atoms with Gasteiger partial charge in [0.2, 0.25) is 11.1 Å². The Hall–Kier alpha value is -1.82. The Morgan fingerprint density at radius 3 is 2.50 bits per heavy atom. The summed E-state index contributed by atoms with van der Waals surface area (Å²) in [5, 5.41) is 10.4. The Balaban J connectivity index is 2.03. The van der Waals surface area contributed by atoms with Crippen LogP contribution in [-0.4, -0.2) is 31.9 Å². The van der Waals surface area contributed by atoms with E-state index >= 15 is 0 Å². The molecule has 0 fully saturated rings. The first kappa shape index (κ1) is 16.5. The van der Waals surface area contributed by atoms with Crippen LogP contribution < -0.4 is 5.32 Å². The van der Waals surface area contributed by atoms with Crippen LogP contribution in [-0.2, 0) is 4.79 Å². The number of nitrogens with one attached hydrogen (secondary N) is 2. The molecule has 2 N–H and O–H groups in total. The topological polar surface area (TPSA) is 70.7 Å². The van der Waals surface area contributed by atoms with Crippen LogP contribution in [0.4, 0.5) is 0 Å². The summed E-state index contributed by atoms with van der Waals surface area (Å²) in [6, 6.07) is 8.06. The standard InChI is InChI=1S/C16H22N4OS/c1-10-6-8-12(9-7-10)13-17-15(20-19-13)22-11(2)14(21)18-16(3,4)5/h6-9,11H,1-5H3,(H,18,21)(H,17,19,20)/t11-/m0/s1. The number of rotatable bonds is 4. The summed E-state index contributed by atoms with van der Waals surface area (Å²) in [5.74, 6) is 0.699. The largest absolute Gasteiger partial charge is 0.351 e. The van der Waals surface area contributed by atoms with Gasteiger partial charge in [-0.15, -0.1) is 5.10 Å². The third-order valence-corrected chi connectivity index (χ3v) is 3.90. The molecule has 1 heterocycles. The molecule has 0 spiro atoms. The monoisotopic (exact) mass is 318 g/mol. The number of aromatic nitrogens is 3. The van der Waals surface area contributed by atoms with Gasteiger partial charge in [-0.25, -0.2) is 4.98 Å². The highest BCUT2D eigenvalue weighted by atomic mass is 32.2. The summed E-state index contributed by atoms with van der Waals surface area (Å²) in [6.07, 6.45) is 0. The molecule has 0 unspecified atom stereocenters. The first-order chi connectivity index (χ1) is 10.2. The van der Waals surface area contributed by atoms with Crippen LogP contribution in [0, 0.1) is 6.92 Å². The number of hydrogen-bond donors (Lipinski definition) is 2. The molecule has 0 bridgehead atoms. The van der Waals surface area contributed by atoms with E-state index in [-0.39, 0.29) is 16.7 Å². The van der Waals surface area contributed by atoms with E-state index < -0.39 is 0 Å². The van der Waals surface area contributed by atoms with Crippen molar-refractivity contribution < 1.29 is 4.79 Å². The Morgan fingerprint density at radius 1 is 1.27 bits per heavy atom. The van der Waals surface area contributed by atoms with Gasteiger partial charge in [-0.1, -0.05) is 41.6 Å². The zero-order valence-electron chi connectivity index (χ0n) is 13.6. The Bertz CT molecular complexity index is 643. The van der Waals surface area contributed by atoms with Crippen LogP contribution in [0.3, 0.4) is 0 Å². The maximum Gasteiger partial charge on any atom is 0.233 e. The fourth-order valence-corrected chi connectivity index (χ4v) is 2.55. The lowest BCUT2D eigenvalue weighted by Crippen LogP contribution is -2.44. The van der Waals surface area contributed by atoms with Gasteiger partial charge in [0, 0.05) is 11.1 Å². The summed E-state index contributed by atoms with van der Waals surface area (Å²) in [5.41, 5.74) is 1.94. The van der Waals surface area contributed by atoms with Gasteiger partial charge in [-0.3, -0.25) is 9.89 Å². The van der Waals surface area contributed by atoms with E-state index in [2.05, 4.69) is 20.5 Å². The van der Waals surface area contributed by atoms with Crippen LogP contribution in [0.2, 0.25) is 0 Å². The summed E-state index contributed by atoms with van der Waals surface area (Å²) >= 11 is 1.35. The van der Waals surface area contributed by atoms with Gasteiger partial charge in [0.15, 0.2) is 5.82 Å². The predicted molar refractivity (Wildman–Crippen MR) is 89.8 cm³/mol. The number of hydrogen-bond acceptors (Lipinski definition) is 4. The molecular formula is C16H22N4OS. The number of carbonyl (C=O) groups is 1. The molecule has 0 saturated heterocycles. The van der Waals surface area contributed by atoms with Crippen LogP contribution in [0.1, 0.15) is 33.3 Å². The zero-order valence-corrected chi connectivity index (χ0v) is 14.4. The van der Waals surface area contributed by atoms with Gasteiger partial charge in [0.1, 0.15) is 0 Å². The molecular weight excluding hydrogens is 296 g/mol. The first-order valence-corrected chi connectivity index (χ1v) is 8.11. The second-order valence-electron chi connectivity index (χ2n) is 6.33. The maximum absolute atomic E-state index is 12.1. The van der Waals surface area contributed by atoms with Crippen LogP contribution in [0.25, 0.3) is 11.4 Å². The molecule has 1 aromatic heterocycles. The van der Waals surface area contributed by atoms with Crippen LogP contribution in [0.15, 0.2) is 29.4 Å². The normalized spacial score (nSPS) is 13.0. The van der Waals surface area contributed by atoms with Crippen molar-refractivity contribution in [1.82, 2.24) is 20.5 Å². The van der Waals surface area contributed by atoms with E-state index in [1.54, 1.807) is 0 Å². The van der Waals surface area contributed by atoms with E-state index in [1.807, 2.05) is 58.9 Å². The molecule has 2 aromatic rings. The molecule has 1 amide bonds. The lowest BCUT2D eigenvalue weighted by Gasteiger charge is -2.22. The van der Waals surface area contributed by atoms with Gasteiger partial charge in [-0.2, -0.15) is 0 Å². The van der Waals surface area contributed by atoms with Gasteiger partial charge in [0.25, 0.3) is 0 Å². The van der Waals surface area contributed by atoms with Crippen molar-refractivity contribution >= 4 is 17.7 Å². The van der Waals surface area contributed by atoms with Crippen molar-refractivity contribution in [3.8, 4) is 11.4 Å². The molecule has 22 heavy (non-hydrogen) atoms. The highest BCUT2D eigenvalue weighted by molar-refractivity contribution is 8.00. The smallest absolute Gasteiger partial charge is 0.233 e. The minimum absolute atomic E-state index is 0.0146. The summed E-state index contributed by atoms with van der Waals surface area (Å²) in [7, 11) is 0. The molecule has 2 rings (SSSR count). The van der Waals surface area contributed by atoms with E-state index in [0.717, 1.165) is 5.56 Å². The summed E-state index contributed by atoms with van der Waals surface area (Å²) in [6.45, 7) is 9.79. The molecule has 5 nitrogen and oxygen atoms in total. The molecule has 0 radical (unpaired) electrons. The number of carbonyl (C=O) groups excluding carboxylic acids is 1. The predicted octanol–water partition coefficient (Wildman–Crippen LogP) is 3.18. The number of aromatic amines is 1. The van der Waals surface area contributed by atoms with Gasteiger partial charge in [0.05, 0.1) is 5.25 Å². The molecule has 0 saturated carbocycles. The molecule has 118 valence electrons. The Morgan fingerprint density at radius 2 is 1.91 bits per heavy atom. The third kappa shape index (κ3) is 4.59. The van der Waals surface area contributed by atoms with Crippen molar-refractivity contribution in [2.45, 2.75) is 50.6 Å². The highest BCUT2D eigenvalue weighted by Crippen LogP contribution is 2.23. The number of thioether (sulfide) groups is 1. The van der Waals surface area contributed by atoms with Crippen molar-refractivity contribution in [2.24, 2.45) is 0 Å². The highest BCUT2D eigenvalue weighted by Gasteiger charge is 2.21. The number of aryl methyl sites for hydroxylation is 1. The quantitative estimate of drug-likeness (QED) is 0.849. The van der Waals surface area contributed by atoms with Crippen molar-refractivity contribution in [2.75, 3.05) is 0 Å². The number of amides is 1. The summed E-state index contributed by atoms with van der Waals surface area (Å²) < 4.78 is 0. The Labute approximate surface area is 135 Å². The number of benzene rings is 1. The fourth-order valence-electron chi connectivity index (χ4n) is 1.82. The number of nitrogens with zero attached hydrogens (tertiary/aromatic N) is 2. The van der Waals surface area contributed by atoms with E-state index in [1.165, 1.54) is 17.3 Å². The second kappa shape index (κ2) is 6.52. The second-order valence-corrected chi connectivity index (χ2v) is 7.64. The van der Waals surface area contributed by atoms with E-state index in [4.69, 9.17) is 0 Å². The minimum Gasteiger partial charge on any atom is -0.351 e. The third-order valence-electron chi connectivity index (χ3n) is 2.94. The van der Waals surface area contributed by atoms with E-state index in [9.17, 15) is 4.79 Å². The lowest BCUT2D eigenvalue weighted by atomic mass is 10.1. The lowest BCUT2D eigenvalue weighted by molar-refractivity contribution is -0.121. The maximum atomic E-state index is 12.1. The van der Waals surface area contributed by atoms with Crippen molar-refractivity contribution in [3.05, 3.63) is 29.8 Å². The van der Waals surface area contributed by atoms with Gasteiger partial charge >= 0.3 is 0 Å². The molecule has 1 atom stereocenters. The molecule has 6 heteroatoms. The molecule has 1 aromatic carbocycles. The van der Waals surface area contributed by atoms with Crippen molar-refractivity contribution in [3.63, 3.8) is 0 Å².